The maximum Gasteiger partial charge on any atom is 0.337 e. The summed E-state index contributed by atoms with van der Waals surface area (Å²) in [5.41, 5.74) is 0.748. The van der Waals surface area contributed by atoms with Crippen molar-refractivity contribution < 1.29 is 9.90 Å². The van der Waals surface area contributed by atoms with Gasteiger partial charge in [-0.05, 0) is 28.1 Å². The van der Waals surface area contributed by atoms with Gasteiger partial charge in [-0.25, -0.2) is 4.79 Å². The molecular formula is C10H6BrNO2. The van der Waals surface area contributed by atoms with Gasteiger partial charge in [0.25, 0.3) is 0 Å². The fourth-order valence-corrected chi connectivity index (χ4v) is 1.66. The molecule has 3 nitrogen and oxygen atoms in total. The molecule has 1 aromatic heterocycles. The van der Waals surface area contributed by atoms with Crippen molar-refractivity contribution in [3.63, 3.8) is 0 Å². The first-order valence-corrected chi connectivity index (χ1v) is 4.75. The van der Waals surface area contributed by atoms with E-state index < -0.39 is 5.97 Å². The number of carboxylic acids is 1. The van der Waals surface area contributed by atoms with E-state index in [0.29, 0.717) is 5.52 Å². The third-order valence-electron chi connectivity index (χ3n) is 1.91. The molecule has 0 radical (unpaired) electrons. The first-order chi connectivity index (χ1) is 6.68. The number of para-hydroxylation sites is 1. The molecule has 0 bridgehead atoms. The minimum absolute atomic E-state index is 0.231. The zero-order valence-electron chi connectivity index (χ0n) is 7.07. The molecule has 2 rings (SSSR count). The highest BCUT2D eigenvalue weighted by Gasteiger charge is 2.08. The maximum atomic E-state index is 10.8. The summed E-state index contributed by atoms with van der Waals surface area (Å²) in [5.74, 6) is -0.953. The van der Waals surface area contributed by atoms with E-state index in [9.17, 15) is 4.79 Å². The molecule has 14 heavy (non-hydrogen) atoms. The van der Waals surface area contributed by atoms with Crippen LogP contribution in [0.3, 0.4) is 0 Å². The molecule has 0 aliphatic rings. The average Bonchev–Trinajstić information content (AvgIpc) is 2.16. The summed E-state index contributed by atoms with van der Waals surface area (Å²) in [5, 5.41) is 9.72. The van der Waals surface area contributed by atoms with Crippen LogP contribution in [0.2, 0.25) is 0 Å². The van der Waals surface area contributed by atoms with Crippen molar-refractivity contribution in [1.29, 1.82) is 0 Å². The molecule has 0 atom stereocenters. The number of hydrogen-bond donors (Lipinski definition) is 1. The molecule has 0 unspecified atom stereocenters. The van der Waals surface area contributed by atoms with Crippen molar-refractivity contribution in [2.45, 2.75) is 0 Å². The van der Waals surface area contributed by atoms with Crippen LogP contribution in [-0.2, 0) is 0 Å². The van der Waals surface area contributed by atoms with Crippen molar-refractivity contribution >= 4 is 32.8 Å². The minimum Gasteiger partial charge on any atom is -0.478 e. The molecule has 0 amide bonds. The van der Waals surface area contributed by atoms with Gasteiger partial charge in [-0.2, -0.15) is 0 Å². The van der Waals surface area contributed by atoms with Crippen LogP contribution in [0.1, 0.15) is 10.4 Å². The molecule has 70 valence electrons. The van der Waals surface area contributed by atoms with Gasteiger partial charge in [0.15, 0.2) is 0 Å². The molecule has 1 N–H and O–H groups in total. The zero-order valence-corrected chi connectivity index (χ0v) is 8.65. The minimum atomic E-state index is -0.953. The topological polar surface area (TPSA) is 50.2 Å². The second-order valence-corrected chi connectivity index (χ2v) is 3.75. The first kappa shape index (κ1) is 9.15. The fourth-order valence-electron chi connectivity index (χ4n) is 1.31. The highest BCUT2D eigenvalue weighted by Crippen LogP contribution is 2.20. The summed E-state index contributed by atoms with van der Waals surface area (Å²) in [6, 6.07) is 6.93. The Morgan fingerprint density at radius 2 is 2.21 bits per heavy atom. The lowest BCUT2D eigenvalue weighted by Crippen LogP contribution is -1.98. The second-order valence-electron chi connectivity index (χ2n) is 2.84. The monoisotopic (exact) mass is 251 g/mol. The van der Waals surface area contributed by atoms with Crippen LogP contribution in [0, 0.1) is 0 Å². The van der Waals surface area contributed by atoms with Crippen LogP contribution in [0.4, 0.5) is 0 Å². The number of halogens is 1. The Balaban J connectivity index is 2.81. The molecule has 4 heteroatoms. The lowest BCUT2D eigenvalue weighted by atomic mass is 10.1. The van der Waals surface area contributed by atoms with Crippen LogP contribution < -0.4 is 0 Å². The summed E-state index contributed by atoms with van der Waals surface area (Å²) < 4.78 is 0.840. The number of pyridine rings is 1. The number of fused-ring (bicyclic) bond motifs is 1. The molecule has 0 aliphatic heterocycles. The predicted molar refractivity (Wildman–Crippen MR) is 56.4 cm³/mol. The van der Waals surface area contributed by atoms with E-state index in [1.807, 2.05) is 12.1 Å². The molecule has 1 heterocycles. The highest BCUT2D eigenvalue weighted by atomic mass is 79.9. The third-order valence-corrected chi connectivity index (χ3v) is 2.34. The Kier molecular flexibility index (Phi) is 2.21. The third kappa shape index (κ3) is 1.48. The highest BCUT2D eigenvalue weighted by molar-refractivity contribution is 9.10. The van der Waals surface area contributed by atoms with E-state index in [-0.39, 0.29) is 5.56 Å². The number of rotatable bonds is 1. The van der Waals surface area contributed by atoms with Gasteiger partial charge in [-0.15, -0.1) is 0 Å². The van der Waals surface area contributed by atoms with Crippen molar-refractivity contribution in [2.24, 2.45) is 0 Å². The number of nitrogens with zero attached hydrogens (tertiary/aromatic N) is 1. The number of aromatic carboxylic acids is 1. The lowest BCUT2D eigenvalue weighted by molar-refractivity contribution is 0.0699. The molecule has 0 saturated heterocycles. The van der Waals surface area contributed by atoms with Crippen molar-refractivity contribution in [1.82, 2.24) is 4.98 Å². The van der Waals surface area contributed by atoms with Gasteiger partial charge in [0, 0.05) is 16.1 Å². The molecular weight excluding hydrogens is 246 g/mol. The van der Waals surface area contributed by atoms with E-state index in [0.717, 1.165) is 9.86 Å². The average molecular weight is 252 g/mol. The van der Waals surface area contributed by atoms with Crippen molar-refractivity contribution in [3.05, 3.63) is 40.5 Å². The molecule has 0 saturated carbocycles. The van der Waals surface area contributed by atoms with Crippen LogP contribution in [0.5, 0.6) is 0 Å². The summed E-state index contributed by atoms with van der Waals surface area (Å²) in [4.78, 5) is 14.9. The lowest BCUT2D eigenvalue weighted by Gasteiger charge is -2.00. The van der Waals surface area contributed by atoms with E-state index in [1.165, 1.54) is 0 Å². The number of carboxylic acid groups (broad SMARTS) is 1. The number of hydrogen-bond acceptors (Lipinski definition) is 2. The van der Waals surface area contributed by atoms with E-state index in [2.05, 4.69) is 20.9 Å². The van der Waals surface area contributed by atoms with Gasteiger partial charge in [0.1, 0.15) is 0 Å². The summed E-state index contributed by atoms with van der Waals surface area (Å²) in [6.07, 6.45) is 1.59. The van der Waals surface area contributed by atoms with E-state index in [4.69, 9.17) is 5.11 Å². The van der Waals surface area contributed by atoms with Crippen LogP contribution >= 0.6 is 15.9 Å². The Labute approximate surface area is 88.5 Å². The molecule has 0 fully saturated rings. The van der Waals surface area contributed by atoms with Gasteiger partial charge in [0.2, 0.25) is 0 Å². The molecule has 0 spiro atoms. The Morgan fingerprint density at radius 1 is 1.43 bits per heavy atom. The van der Waals surface area contributed by atoms with Gasteiger partial charge in [-0.1, -0.05) is 12.1 Å². The predicted octanol–water partition coefficient (Wildman–Crippen LogP) is 2.70. The SMILES string of the molecule is O=C(O)c1cccc2cc(Br)cnc12. The van der Waals surface area contributed by atoms with Crippen molar-refractivity contribution in [3.8, 4) is 0 Å². The van der Waals surface area contributed by atoms with E-state index >= 15 is 0 Å². The zero-order chi connectivity index (χ0) is 10.1. The Hall–Kier alpha value is -1.42. The summed E-state index contributed by atoms with van der Waals surface area (Å²) >= 11 is 3.28. The standard InChI is InChI=1S/C10H6BrNO2/c11-7-4-6-2-1-3-8(10(13)14)9(6)12-5-7/h1-5H,(H,13,14). The largest absolute Gasteiger partial charge is 0.478 e. The van der Waals surface area contributed by atoms with Crippen LogP contribution in [0.25, 0.3) is 10.9 Å². The van der Waals surface area contributed by atoms with Gasteiger partial charge in [-0.3, -0.25) is 4.98 Å². The van der Waals surface area contributed by atoms with Crippen molar-refractivity contribution in [2.75, 3.05) is 0 Å². The van der Waals surface area contributed by atoms with Crippen LogP contribution in [-0.4, -0.2) is 16.1 Å². The smallest absolute Gasteiger partial charge is 0.337 e. The Morgan fingerprint density at radius 3 is 2.93 bits per heavy atom. The van der Waals surface area contributed by atoms with Gasteiger partial charge < -0.3 is 5.11 Å². The number of carbonyl (C=O) groups is 1. The van der Waals surface area contributed by atoms with Crippen LogP contribution in [0.15, 0.2) is 34.9 Å². The summed E-state index contributed by atoms with van der Waals surface area (Å²) in [6.45, 7) is 0. The second kappa shape index (κ2) is 3.38. The Bertz CT molecular complexity index is 510. The van der Waals surface area contributed by atoms with Gasteiger partial charge in [0.05, 0.1) is 11.1 Å². The maximum absolute atomic E-state index is 10.8. The molecule has 0 aliphatic carbocycles. The first-order valence-electron chi connectivity index (χ1n) is 3.96. The number of aromatic nitrogens is 1. The van der Waals surface area contributed by atoms with E-state index in [1.54, 1.807) is 18.3 Å². The molecule has 1 aromatic carbocycles. The quantitative estimate of drug-likeness (QED) is 0.848. The molecule has 2 aromatic rings. The number of benzene rings is 1. The van der Waals surface area contributed by atoms with Gasteiger partial charge >= 0.3 is 5.97 Å². The normalized spacial score (nSPS) is 10.4. The fraction of sp³-hybridized carbons (Fsp3) is 0. The summed E-state index contributed by atoms with van der Waals surface area (Å²) in [7, 11) is 0.